The Morgan fingerprint density at radius 1 is 0.673 bits per heavy atom. The molecule has 0 radical (unpaired) electrons. The molecule has 0 bridgehead atoms. The Morgan fingerprint density at radius 2 is 1.22 bits per heavy atom. The number of alkyl halides is 3. The van der Waals surface area contributed by atoms with E-state index in [1.54, 1.807) is 6.07 Å². The molecule has 0 spiro atoms. The zero-order valence-electron chi connectivity index (χ0n) is 29.9. The fourth-order valence-corrected chi connectivity index (χ4v) is 8.01. The molecule has 5 nitrogen and oxygen atoms in total. The summed E-state index contributed by atoms with van der Waals surface area (Å²) in [6, 6.07) is 12.0. The van der Waals surface area contributed by atoms with Crippen LogP contribution in [0.25, 0.3) is 0 Å². The second-order valence-corrected chi connectivity index (χ2v) is 14.9. The van der Waals surface area contributed by atoms with Gasteiger partial charge in [-0.15, -0.1) is 0 Å². The SMILES string of the molecule is CCCCCCCCCCCCCCCCCC(=O)OCCN1CCN(CCCN2c3ccccc3Sc3ccc(C(F)(F)F)cc32)CC1. The van der Waals surface area contributed by atoms with E-state index in [2.05, 4.69) is 21.6 Å². The number of piperazine rings is 1. The van der Waals surface area contributed by atoms with Gasteiger partial charge < -0.3 is 14.5 Å². The average Bonchev–Trinajstić information content (AvgIpc) is 3.09. The van der Waals surface area contributed by atoms with Crippen LogP contribution in [0.2, 0.25) is 0 Å². The summed E-state index contributed by atoms with van der Waals surface area (Å²) in [5.41, 5.74) is 0.999. The van der Waals surface area contributed by atoms with Crippen molar-refractivity contribution >= 4 is 29.1 Å². The van der Waals surface area contributed by atoms with Gasteiger partial charge in [0.25, 0.3) is 0 Å². The van der Waals surface area contributed by atoms with Crippen LogP contribution in [0.15, 0.2) is 52.3 Å². The quantitative estimate of drug-likeness (QED) is 0.0847. The van der Waals surface area contributed by atoms with E-state index in [1.807, 2.05) is 24.3 Å². The molecule has 2 aromatic carbocycles. The first-order chi connectivity index (χ1) is 23.8. The number of para-hydroxylation sites is 1. The number of fused-ring (bicyclic) bond motifs is 2. The van der Waals surface area contributed by atoms with Crippen molar-refractivity contribution in [1.82, 2.24) is 9.80 Å². The third kappa shape index (κ3) is 14.1. The second kappa shape index (κ2) is 21.9. The number of anilines is 2. The van der Waals surface area contributed by atoms with Crippen LogP contribution in [0.1, 0.15) is 122 Å². The van der Waals surface area contributed by atoms with Crippen LogP contribution in [0, 0.1) is 0 Å². The molecule has 2 heterocycles. The second-order valence-electron chi connectivity index (χ2n) is 13.9. The number of carbonyl (C=O) groups is 1. The monoisotopic (exact) mass is 703 g/mol. The number of carbonyl (C=O) groups excluding carboxylic acids is 1. The summed E-state index contributed by atoms with van der Waals surface area (Å²) in [5.74, 6) is -0.0741. The zero-order chi connectivity index (χ0) is 34.7. The Morgan fingerprint density at radius 3 is 1.84 bits per heavy atom. The lowest BCUT2D eigenvalue weighted by molar-refractivity contribution is -0.144. The third-order valence-electron chi connectivity index (χ3n) is 9.93. The number of halogens is 3. The van der Waals surface area contributed by atoms with Crippen LogP contribution >= 0.6 is 11.8 Å². The van der Waals surface area contributed by atoms with Gasteiger partial charge in [0.15, 0.2) is 0 Å². The van der Waals surface area contributed by atoms with Gasteiger partial charge >= 0.3 is 12.1 Å². The third-order valence-corrected chi connectivity index (χ3v) is 11.1. The molecule has 2 aromatic rings. The molecule has 0 N–H and O–H groups in total. The zero-order valence-corrected chi connectivity index (χ0v) is 30.7. The van der Waals surface area contributed by atoms with Gasteiger partial charge in [-0.2, -0.15) is 13.2 Å². The Balaban J connectivity index is 1.01. The molecule has 49 heavy (non-hydrogen) atoms. The highest BCUT2D eigenvalue weighted by molar-refractivity contribution is 7.99. The van der Waals surface area contributed by atoms with Crippen molar-refractivity contribution in [3.8, 4) is 0 Å². The van der Waals surface area contributed by atoms with Crippen molar-refractivity contribution in [1.29, 1.82) is 0 Å². The Kier molecular flexibility index (Phi) is 17.7. The van der Waals surface area contributed by atoms with E-state index in [1.165, 1.54) is 107 Å². The van der Waals surface area contributed by atoms with Gasteiger partial charge in [0, 0.05) is 55.5 Å². The van der Waals surface area contributed by atoms with Crippen LogP contribution in [0.3, 0.4) is 0 Å². The van der Waals surface area contributed by atoms with E-state index in [4.69, 9.17) is 4.74 Å². The molecule has 9 heteroatoms. The first-order valence-corrected chi connectivity index (χ1v) is 20.0. The minimum Gasteiger partial charge on any atom is -0.464 e. The van der Waals surface area contributed by atoms with Gasteiger partial charge in [-0.25, -0.2) is 0 Å². The van der Waals surface area contributed by atoms with Gasteiger partial charge in [0.05, 0.1) is 16.9 Å². The van der Waals surface area contributed by atoms with Crippen LogP contribution in [0.4, 0.5) is 24.5 Å². The number of nitrogens with zero attached hydrogens (tertiary/aromatic N) is 3. The van der Waals surface area contributed by atoms with Crippen molar-refractivity contribution in [3.63, 3.8) is 0 Å². The Labute approximate surface area is 298 Å². The van der Waals surface area contributed by atoms with Gasteiger partial charge in [-0.3, -0.25) is 9.69 Å². The molecule has 1 fully saturated rings. The van der Waals surface area contributed by atoms with Crippen molar-refractivity contribution < 1.29 is 22.7 Å². The summed E-state index contributed by atoms with van der Waals surface area (Å²) in [6.45, 7) is 8.76. The maximum atomic E-state index is 13.5. The molecule has 0 amide bonds. The van der Waals surface area contributed by atoms with Crippen LogP contribution in [-0.4, -0.2) is 68.2 Å². The topological polar surface area (TPSA) is 36.0 Å². The van der Waals surface area contributed by atoms with Gasteiger partial charge in [-0.1, -0.05) is 121 Å². The molecule has 0 atom stereocenters. The van der Waals surface area contributed by atoms with Crippen molar-refractivity contribution in [2.45, 2.75) is 132 Å². The molecule has 1 saturated heterocycles. The van der Waals surface area contributed by atoms with E-state index in [-0.39, 0.29) is 5.97 Å². The molecule has 0 unspecified atom stereocenters. The van der Waals surface area contributed by atoms with Crippen LogP contribution in [0.5, 0.6) is 0 Å². The van der Waals surface area contributed by atoms with E-state index in [0.29, 0.717) is 25.3 Å². The number of esters is 1. The maximum absolute atomic E-state index is 13.5. The molecule has 0 aromatic heterocycles. The van der Waals surface area contributed by atoms with Crippen molar-refractivity contribution in [2.75, 3.05) is 57.3 Å². The van der Waals surface area contributed by atoms with Crippen molar-refractivity contribution in [3.05, 3.63) is 48.0 Å². The number of rotatable bonds is 23. The maximum Gasteiger partial charge on any atom is 0.416 e. The predicted octanol–water partition coefficient (Wildman–Crippen LogP) is 11.1. The fourth-order valence-electron chi connectivity index (χ4n) is 6.94. The fraction of sp³-hybridized carbons (Fsp3) is 0.675. The lowest BCUT2D eigenvalue weighted by Crippen LogP contribution is -2.47. The smallest absolute Gasteiger partial charge is 0.416 e. The van der Waals surface area contributed by atoms with E-state index >= 15 is 0 Å². The molecule has 274 valence electrons. The molecule has 0 saturated carbocycles. The van der Waals surface area contributed by atoms with Gasteiger partial charge in [-0.05, 0) is 49.7 Å². The summed E-state index contributed by atoms with van der Waals surface area (Å²) < 4.78 is 46.1. The first kappa shape index (κ1) is 39.6. The number of ether oxygens (including phenoxy) is 1. The predicted molar refractivity (Wildman–Crippen MR) is 197 cm³/mol. The highest BCUT2D eigenvalue weighted by Gasteiger charge is 2.33. The normalized spacial score (nSPS) is 15.3. The van der Waals surface area contributed by atoms with Crippen LogP contribution < -0.4 is 4.90 Å². The molecule has 2 aliphatic rings. The highest BCUT2D eigenvalue weighted by Crippen LogP contribution is 2.49. The first-order valence-electron chi connectivity index (χ1n) is 19.2. The number of benzene rings is 2. The molecular weight excluding hydrogens is 644 g/mol. The minimum atomic E-state index is -4.37. The lowest BCUT2D eigenvalue weighted by Gasteiger charge is -2.36. The average molecular weight is 704 g/mol. The van der Waals surface area contributed by atoms with Gasteiger partial charge in [0.1, 0.15) is 6.61 Å². The summed E-state index contributed by atoms with van der Waals surface area (Å²) >= 11 is 1.53. The number of hydrogen-bond acceptors (Lipinski definition) is 6. The summed E-state index contributed by atoms with van der Waals surface area (Å²) in [6.07, 6.45) is 16.7. The summed E-state index contributed by atoms with van der Waals surface area (Å²) in [7, 11) is 0. The largest absolute Gasteiger partial charge is 0.464 e. The highest BCUT2D eigenvalue weighted by atomic mass is 32.2. The van der Waals surface area contributed by atoms with Crippen molar-refractivity contribution in [2.24, 2.45) is 0 Å². The van der Waals surface area contributed by atoms with E-state index in [0.717, 1.165) is 74.0 Å². The Bertz CT molecular complexity index is 1240. The van der Waals surface area contributed by atoms with E-state index < -0.39 is 11.7 Å². The molecule has 0 aliphatic carbocycles. The standard InChI is InChI=1S/C40H60F3N3O2S/c1-2-3-4-5-6-7-8-9-10-11-12-13-14-15-16-22-39(47)48-32-31-45-29-27-44(28-30-45)25-19-26-46-35-20-17-18-21-37(35)49-38-24-23-34(33-36(38)46)40(41,42)43/h17-18,20-21,23-24,33H,2-16,19,22,25-32H2,1H3. The van der Waals surface area contributed by atoms with E-state index in [9.17, 15) is 18.0 Å². The summed E-state index contributed by atoms with van der Waals surface area (Å²) in [4.78, 5) is 21.0. The Hall–Kier alpha value is -2.23. The molecule has 4 rings (SSSR count). The van der Waals surface area contributed by atoms with Crippen LogP contribution in [-0.2, 0) is 15.7 Å². The van der Waals surface area contributed by atoms with Gasteiger partial charge in [0.2, 0.25) is 0 Å². The summed E-state index contributed by atoms with van der Waals surface area (Å²) in [5, 5.41) is 0. The molecule has 2 aliphatic heterocycles. The number of hydrogen-bond donors (Lipinski definition) is 0. The number of unbranched alkanes of at least 4 members (excludes halogenated alkanes) is 14. The lowest BCUT2D eigenvalue weighted by atomic mass is 10.0. The minimum absolute atomic E-state index is 0.0741. The molecular formula is C40H60F3N3O2S.